The number of ether oxygens (including phenoxy) is 2. The first-order chi connectivity index (χ1) is 17.6. The van der Waals surface area contributed by atoms with E-state index in [1.807, 2.05) is 42.5 Å². The Labute approximate surface area is 211 Å². The Kier molecular flexibility index (Phi) is 6.26. The van der Waals surface area contributed by atoms with Crippen LogP contribution in [0.4, 0.5) is 0 Å². The Hall–Kier alpha value is -3.18. The van der Waals surface area contributed by atoms with Crippen LogP contribution in [-0.4, -0.2) is 88.6 Å². The van der Waals surface area contributed by atoms with Gasteiger partial charge < -0.3 is 19.3 Å². The molecule has 1 unspecified atom stereocenters. The van der Waals surface area contributed by atoms with Crippen LogP contribution >= 0.6 is 0 Å². The summed E-state index contributed by atoms with van der Waals surface area (Å²) in [5.74, 6) is 0.0730. The first kappa shape index (κ1) is 23.2. The number of benzene rings is 2. The first-order valence-electron chi connectivity index (χ1n) is 12.1. The average Bonchev–Trinajstić information content (AvgIpc) is 3.33. The van der Waals surface area contributed by atoms with E-state index in [1.165, 1.54) is 0 Å². The Morgan fingerprint density at radius 3 is 2.17 bits per heavy atom. The highest BCUT2D eigenvalue weighted by atomic mass is 32.2. The van der Waals surface area contributed by atoms with Gasteiger partial charge in [0.2, 0.25) is 0 Å². The molecule has 1 atom stereocenters. The van der Waals surface area contributed by atoms with Gasteiger partial charge in [-0.3, -0.25) is 9.59 Å². The molecule has 1 N–H and O–H groups in total. The smallest absolute Gasteiger partial charge is 0.275 e. The van der Waals surface area contributed by atoms with Crippen molar-refractivity contribution in [2.24, 2.45) is 0 Å². The van der Waals surface area contributed by atoms with E-state index in [-0.39, 0.29) is 11.8 Å². The molecule has 0 saturated carbocycles. The summed E-state index contributed by atoms with van der Waals surface area (Å²) in [6, 6.07) is 15.1. The van der Waals surface area contributed by atoms with Crippen LogP contribution in [0.25, 0.3) is 16.9 Å². The molecule has 3 aliphatic rings. The van der Waals surface area contributed by atoms with Crippen molar-refractivity contribution in [3.63, 3.8) is 0 Å². The quantitative estimate of drug-likeness (QED) is 0.547. The lowest BCUT2D eigenvalue weighted by atomic mass is 10.0. The largest absolute Gasteiger partial charge is 0.378 e. The number of amides is 2. The van der Waals surface area contributed by atoms with Crippen LogP contribution < -0.4 is 0 Å². The van der Waals surface area contributed by atoms with Gasteiger partial charge in [0.25, 0.3) is 11.8 Å². The summed E-state index contributed by atoms with van der Waals surface area (Å²) in [4.78, 5) is 31.1. The maximum absolute atomic E-state index is 13.6. The van der Waals surface area contributed by atoms with Gasteiger partial charge in [0.1, 0.15) is 0 Å². The van der Waals surface area contributed by atoms with Gasteiger partial charge in [-0.15, -0.1) is 0 Å². The molecular formula is C26H27N4O5S+. The van der Waals surface area contributed by atoms with Crippen LogP contribution in [0, 0.1) is 0 Å². The topological polar surface area (TPSA) is 97.1 Å². The Morgan fingerprint density at radius 1 is 0.861 bits per heavy atom. The molecule has 2 fully saturated rings. The Bertz CT molecular complexity index is 1300. The fourth-order valence-corrected chi connectivity index (χ4v) is 6.26. The summed E-state index contributed by atoms with van der Waals surface area (Å²) in [6.07, 6.45) is 0. The summed E-state index contributed by atoms with van der Waals surface area (Å²) in [7, 11) is 0. The number of hydrogen-bond acceptors (Lipinski definition) is 6. The molecule has 0 aliphatic carbocycles. The third-order valence-electron chi connectivity index (χ3n) is 6.80. The summed E-state index contributed by atoms with van der Waals surface area (Å²) < 4.78 is 23.7. The molecule has 0 spiro atoms. The van der Waals surface area contributed by atoms with Gasteiger partial charge in [-0.05, 0) is 30.3 Å². The molecule has 3 aliphatic heterocycles. The van der Waals surface area contributed by atoms with Gasteiger partial charge in [0.05, 0.1) is 48.9 Å². The van der Waals surface area contributed by atoms with E-state index >= 15 is 0 Å². The van der Waals surface area contributed by atoms with Crippen LogP contribution in [-0.2, 0) is 26.4 Å². The zero-order valence-electron chi connectivity index (χ0n) is 19.8. The molecule has 0 bridgehead atoms. The van der Waals surface area contributed by atoms with E-state index in [9.17, 15) is 14.1 Å². The fraction of sp³-hybridized carbons (Fsp3) is 0.346. The van der Waals surface area contributed by atoms with Gasteiger partial charge >= 0.3 is 0 Å². The number of morpholine rings is 2. The Morgan fingerprint density at radius 2 is 1.50 bits per heavy atom. The normalized spacial score (nSPS) is 19.5. The minimum atomic E-state index is -1.12. The number of rotatable bonds is 3. The van der Waals surface area contributed by atoms with Gasteiger partial charge in [-0.2, -0.15) is 9.65 Å². The van der Waals surface area contributed by atoms with E-state index in [2.05, 4.69) is 0 Å². The number of hydrogen-bond donors (Lipinski definition) is 1. The third-order valence-corrected chi connectivity index (χ3v) is 8.23. The molecule has 186 valence electrons. The van der Waals surface area contributed by atoms with Crippen molar-refractivity contribution in [2.45, 2.75) is 10.6 Å². The first-order valence-corrected chi connectivity index (χ1v) is 13.4. The minimum Gasteiger partial charge on any atom is -0.378 e. The SMILES string of the molecule is O=C(c1ccc2c(c1)-c1c(c(C(=O)N3CCOCC3)nn1-c1ccccc1)C[S+]2O)N1CCOCC1. The number of aromatic nitrogens is 2. The number of nitrogens with zero attached hydrogens (tertiary/aromatic N) is 4. The highest BCUT2D eigenvalue weighted by Gasteiger charge is 2.41. The maximum atomic E-state index is 13.6. The van der Waals surface area contributed by atoms with Crippen LogP contribution in [0.2, 0.25) is 0 Å². The molecule has 3 aromatic rings. The van der Waals surface area contributed by atoms with Crippen LogP contribution in [0.3, 0.4) is 0 Å². The van der Waals surface area contributed by atoms with E-state index in [4.69, 9.17) is 14.6 Å². The molecule has 2 saturated heterocycles. The number of para-hydroxylation sites is 1. The highest BCUT2D eigenvalue weighted by molar-refractivity contribution is 7.91. The van der Waals surface area contributed by atoms with E-state index in [1.54, 1.807) is 20.5 Å². The van der Waals surface area contributed by atoms with Crippen molar-refractivity contribution in [2.75, 3.05) is 52.6 Å². The lowest BCUT2D eigenvalue weighted by Crippen LogP contribution is -2.41. The molecular weight excluding hydrogens is 480 g/mol. The van der Waals surface area contributed by atoms with Crippen molar-refractivity contribution in [1.82, 2.24) is 19.6 Å². The highest BCUT2D eigenvalue weighted by Crippen LogP contribution is 2.41. The fourth-order valence-electron chi connectivity index (χ4n) is 4.92. The number of carbonyl (C=O) groups is 2. The molecule has 9 nitrogen and oxygen atoms in total. The number of fused-ring (bicyclic) bond motifs is 3. The molecule has 2 aromatic carbocycles. The lowest BCUT2D eigenvalue weighted by molar-refractivity contribution is 0.0297. The summed E-state index contributed by atoms with van der Waals surface area (Å²) >= 11 is -1.12. The van der Waals surface area contributed by atoms with Gasteiger partial charge in [-0.1, -0.05) is 18.2 Å². The molecule has 2 amide bonds. The zero-order valence-corrected chi connectivity index (χ0v) is 20.6. The van der Waals surface area contributed by atoms with Crippen molar-refractivity contribution >= 4 is 23.0 Å². The molecule has 0 radical (unpaired) electrons. The minimum absolute atomic E-state index is 0.0681. The van der Waals surface area contributed by atoms with Crippen molar-refractivity contribution in [1.29, 1.82) is 0 Å². The van der Waals surface area contributed by atoms with Gasteiger partial charge in [0.15, 0.2) is 27.5 Å². The van der Waals surface area contributed by atoms with Gasteiger partial charge in [-0.25, -0.2) is 4.68 Å². The van der Waals surface area contributed by atoms with Crippen molar-refractivity contribution < 1.29 is 23.6 Å². The second-order valence-electron chi connectivity index (χ2n) is 8.95. The molecule has 1 aromatic heterocycles. The second-order valence-corrected chi connectivity index (χ2v) is 10.4. The Balaban J connectivity index is 1.49. The predicted molar refractivity (Wildman–Crippen MR) is 134 cm³/mol. The van der Waals surface area contributed by atoms with E-state index in [0.29, 0.717) is 75.2 Å². The third kappa shape index (κ3) is 4.09. The molecule has 10 heteroatoms. The zero-order chi connectivity index (χ0) is 24.6. The van der Waals surface area contributed by atoms with E-state index in [0.717, 1.165) is 21.8 Å². The summed E-state index contributed by atoms with van der Waals surface area (Å²) in [6.45, 7) is 4.14. The number of carbonyl (C=O) groups excluding carboxylic acids is 2. The van der Waals surface area contributed by atoms with Crippen molar-refractivity contribution in [3.05, 3.63) is 65.4 Å². The summed E-state index contributed by atoms with van der Waals surface area (Å²) in [5.41, 5.74) is 3.90. The van der Waals surface area contributed by atoms with Gasteiger partial charge in [0, 0.05) is 31.7 Å². The standard InChI is InChI=1S/C26H27N4O5S/c31-25(28-8-12-34-13-9-28)18-6-7-22-20(16-18)24-21(17-36(22)33)23(26(32)29-10-14-35-15-11-29)27-30(24)19-4-2-1-3-5-19/h1-7,16,33H,8-15,17H2/q+1. The van der Waals surface area contributed by atoms with E-state index < -0.39 is 11.2 Å². The monoisotopic (exact) mass is 507 g/mol. The van der Waals surface area contributed by atoms with Crippen LogP contribution in [0.15, 0.2) is 53.4 Å². The molecule has 36 heavy (non-hydrogen) atoms. The van der Waals surface area contributed by atoms with Crippen LogP contribution in [0.1, 0.15) is 26.4 Å². The van der Waals surface area contributed by atoms with Crippen molar-refractivity contribution in [3.8, 4) is 16.9 Å². The lowest BCUT2D eigenvalue weighted by Gasteiger charge is -2.27. The average molecular weight is 508 g/mol. The maximum Gasteiger partial charge on any atom is 0.275 e. The molecule has 4 heterocycles. The second kappa shape index (κ2) is 9.70. The molecule has 6 rings (SSSR count). The summed E-state index contributed by atoms with van der Waals surface area (Å²) in [5, 5.41) is 4.80. The van der Waals surface area contributed by atoms with Crippen LogP contribution in [0.5, 0.6) is 0 Å². The predicted octanol–water partition coefficient (Wildman–Crippen LogP) is 2.45.